The SMILES string of the molecule is C[C@@H](Nc1ccccc1C(=O)O)C1=CC(Cl)Cn2c1nc(N1CCC(F)(F)CC1)cc2=O. The van der Waals surface area contributed by atoms with Gasteiger partial charge in [0.05, 0.1) is 17.0 Å². The minimum Gasteiger partial charge on any atom is -0.478 e. The van der Waals surface area contributed by atoms with Crippen molar-refractivity contribution in [2.45, 2.75) is 43.7 Å². The molecule has 1 aromatic heterocycles. The van der Waals surface area contributed by atoms with E-state index in [0.717, 1.165) is 0 Å². The number of nitrogens with zero attached hydrogens (tertiary/aromatic N) is 3. The van der Waals surface area contributed by atoms with Crippen LogP contribution in [0.2, 0.25) is 0 Å². The Kier molecular flexibility index (Phi) is 5.94. The first-order valence-electron chi connectivity index (χ1n) is 10.3. The first-order chi connectivity index (χ1) is 15.1. The second-order valence-electron chi connectivity index (χ2n) is 8.08. The van der Waals surface area contributed by atoms with Crippen molar-refractivity contribution in [2.75, 3.05) is 23.3 Å². The van der Waals surface area contributed by atoms with Crippen molar-refractivity contribution < 1.29 is 18.7 Å². The molecule has 2 aliphatic heterocycles. The molecule has 2 aliphatic rings. The van der Waals surface area contributed by atoms with Gasteiger partial charge in [-0.2, -0.15) is 0 Å². The van der Waals surface area contributed by atoms with Crippen molar-refractivity contribution in [3.63, 3.8) is 0 Å². The standard InChI is InChI=1S/C22H23ClF2N4O3/c1-13(26-17-5-3-2-4-15(17)21(31)32)16-10-14(23)12-29-19(30)11-18(27-20(16)29)28-8-6-22(24,25)7-9-28/h2-5,10-11,13-14,26H,6-9,12H2,1H3,(H,31,32)/t13-,14?/m1/s1. The number of hydrogen-bond donors (Lipinski definition) is 2. The van der Waals surface area contributed by atoms with Gasteiger partial charge in [0.25, 0.3) is 11.5 Å². The smallest absolute Gasteiger partial charge is 0.337 e. The summed E-state index contributed by atoms with van der Waals surface area (Å²) in [6.07, 6.45) is 1.21. The molecular weight excluding hydrogens is 442 g/mol. The highest BCUT2D eigenvalue weighted by atomic mass is 35.5. The highest BCUT2D eigenvalue weighted by Gasteiger charge is 2.35. The molecule has 0 bridgehead atoms. The first kappa shape index (κ1) is 22.3. The van der Waals surface area contributed by atoms with E-state index in [-0.39, 0.29) is 43.6 Å². The van der Waals surface area contributed by atoms with E-state index in [4.69, 9.17) is 11.6 Å². The fourth-order valence-corrected chi connectivity index (χ4v) is 4.33. The summed E-state index contributed by atoms with van der Waals surface area (Å²) in [6.45, 7) is 2.28. The second kappa shape index (κ2) is 8.54. The van der Waals surface area contributed by atoms with Gasteiger partial charge in [-0.05, 0) is 19.1 Å². The molecule has 0 radical (unpaired) electrons. The largest absolute Gasteiger partial charge is 0.478 e. The summed E-state index contributed by atoms with van der Waals surface area (Å²) < 4.78 is 28.6. The Morgan fingerprint density at radius 3 is 2.69 bits per heavy atom. The van der Waals surface area contributed by atoms with Crippen LogP contribution in [-0.2, 0) is 6.54 Å². The van der Waals surface area contributed by atoms with Gasteiger partial charge in [0.15, 0.2) is 0 Å². The Bertz CT molecular complexity index is 1120. The minimum atomic E-state index is -2.70. The summed E-state index contributed by atoms with van der Waals surface area (Å²) in [4.78, 5) is 30.7. The third-order valence-electron chi connectivity index (χ3n) is 5.79. The number of benzene rings is 1. The van der Waals surface area contributed by atoms with E-state index in [1.165, 1.54) is 16.7 Å². The van der Waals surface area contributed by atoms with Crippen LogP contribution in [0.3, 0.4) is 0 Å². The Morgan fingerprint density at radius 2 is 2.00 bits per heavy atom. The number of fused-ring (bicyclic) bond motifs is 1. The zero-order valence-electron chi connectivity index (χ0n) is 17.4. The van der Waals surface area contributed by atoms with E-state index >= 15 is 0 Å². The quantitative estimate of drug-likeness (QED) is 0.656. The number of hydrogen-bond acceptors (Lipinski definition) is 5. The van der Waals surface area contributed by atoms with Gasteiger partial charge in [-0.1, -0.05) is 18.2 Å². The van der Waals surface area contributed by atoms with Crippen LogP contribution in [-0.4, -0.2) is 51.1 Å². The highest BCUT2D eigenvalue weighted by Crippen LogP contribution is 2.32. The molecule has 1 fully saturated rings. The maximum Gasteiger partial charge on any atom is 0.337 e. The Morgan fingerprint density at radius 1 is 1.31 bits per heavy atom. The molecule has 2 N–H and O–H groups in total. The van der Waals surface area contributed by atoms with Crippen LogP contribution in [0.5, 0.6) is 0 Å². The molecule has 2 atom stereocenters. The Labute approximate surface area is 188 Å². The molecule has 1 saturated heterocycles. The minimum absolute atomic E-state index is 0.111. The Balaban J connectivity index is 1.67. The third-order valence-corrected chi connectivity index (χ3v) is 6.05. The molecule has 3 heterocycles. The molecule has 0 amide bonds. The Hall–Kier alpha value is -2.94. The maximum absolute atomic E-state index is 13.6. The summed E-state index contributed by atoms with van der Waals surface area (Å²) in [5, 5.41) is 12.2. The van der Waals surface area contributed by atoms with Gasteiger partial charge >= 0.3 is 5.97 Å². The molecule has 1 aromatic carbocycles. The number of piperidine rings is 1. The van der Waals surface area contributed by atoms with Crippen molar-refractivity contribution in [3.05, 3.63) is 58.1 Å². The molecule has 7 nitrogen and oxygen atoms in total. The molecule has 2 aromatic rings. The van der Waals surface area contributed by atoms with Crippen LogP contribution in [0.4, 0.5) is 20.3 Å². The van der Waals surface area contributed by atoms with Gasteiger partial charge in [-0.3, -0.25) is 9.36 Å². The van der Waals surface area contributed by atoms with Crippen LogP contribution < -0.4 is 15.8 Å². The summed E-state index contributed by atoms with van der Waals surface area (Å²) in [5.74, 6) is -3.01. The van der Waals surface area contributed by atoms with E-state index < -0.39 is 23.3 Å². The van der Waals surface area contributed by atoms with Gasteiger partial charge in [-0.15, -0.1) is 11.6 Å². The number of halogens is 3. The average molecular weight is 465 g/mol. The summed E-state index contributed by atoms with van der Waals surface area (Å²) in [6, 6.07) is 7.46. The lowest BCUT2D eigenvalue weighted by molar-refractivity contribution is -0.0221. The number of rotatable bonds is 5. The number of aromatic nitrogens is 2. The molecular formula is C22H23ClF2N4O3. The van der Waals surface area contributed by atoms with Crippen molar-refractivity contribution in [1.29, 1.82) is 0 Å². The van der Waals surface area contributed by atoms with Gasteiger partial charge in [-0.25, -0.2) is 18.6 Å². The number of anilines is 2. The lowest BCUT2D eigenvalue weighted by Crippen LogP contribution is -2.41. The van der Waals surface area contributed by atoms with E-state index in [1.807, 2.05) is 6.92 Å². The van der Waals surface area contributed by atoms with E-state index in [1.54, 1.807) is 29.2 Å². The number of allylic oxidation sites excluding steroid dienone is 1. The molecule has 0 aliphatic carbocycles. The summed E-state index contributed by atoms with van der Waals surface area (Å²) >= 11 is 6.38. The monoisotopic (exact) mass is 464 g/mol. The lowest BCUT2D eigenvalue weighted by atomic mass is 10.0. The fourth-order valence-electron chi connectivity index (χ4n) is 4.06. The number of aromatic carboxylic acids is 1. The number of para-hydroxylation sites is 1. The number of alkyl halides is 3. The van der Waals surface area contributed by atoms with Crippen molar-refractivity contribution in [3.8, 4) is 0 Å². The van der Waals surface area contributed by atoms with Gasteiger partial charge in [0.1, 0.15) is 11.6 Å². The number of carboxylic acid groups (broad SMARTS) is 1. The summed E-state index contributed by atoms with van der Waals surface area (Å²) in [7, 11) is 0. The number of carboxylic acids is 1. The first-order valence-corrected chi connectivity index (χ1v) is 10.8. The van der Waals surface area contributed by atoms with Crippen LogP contribution in [0, 0.1) is 0 Å². The van der Waals surface area contributed by atoms with Crippen LogP contribution >= 0.6 is 11.6 Å². The topological polar surface area (TPSA) is 87.5 Å². The van der Waals surface area contributed by atoms with Crippen LogP contribution in [0.1, 0.15) is 35.9 Å². The van der Waals surface area contributed by atoms with E-state index in [0.29, 0.717) is 22.9 Å². The van der Waals surface area contributed by atoms with Crippen molar-refractivity contribution >= 4 is 34.6 Å². The van der Waals surface area contributed by atoms with Gasteiger partial charge in [0.2, 0.25) is 0 Å². The highest BCUT2D eigenvalue weighted by molar-refractivity contribution is 6.22. The zero-order chi connectivity index (χ0) is 23.0. The van der Waals surface area contributed by atoms with Crippen molar-refractivity contribution in [2.24, 2.45) is 0 Å². The van der Waals surface area contributed by atoms with E-state index in [2.05, 4.69) is 10.3 Å². The molecule has 170 valence electrons. The van der Waals surface area contributed by atoms with Gasteiger partial charge < -0.3 is 15.3 Å². The second-order valence-corrected chi connectivity index (χ2v) is 8.65. The van der Waals surface area contributed by atoms with E-state index in [9.17, 15) is 23.5 Å². The van der Waals surface area contributed by atoms with Gasteiger partial charge in [0, 0.05) is 49.8 Å². The fraction of sp³-hybridized carbons (Fsp3) is 0.409. The molecule has 32 heavy (non-hydrogen) atoms. The van der Waals surface area contributed by atoms with Crippen LogP contribution in [0.15, 0.2) is 41.2 Å². The number of carbonyl (C=O) groups is 1. The maximum atomic E-state index is 13.6. The molecule has 4 rings (SSSR count). The predicted molar refractivity (Wildman–Crippen MR) is 119 cm³/mol. The zero-order valence-corrected chi connectivity index (χ0v) is 18.1. The molecule has 0 saturated carbocycles. The molecule has 0 spiro atoms. The van der Waals surface area contributed by atoms with Crippen LogP contribution in [0.25, 0.3) is 5.57 Å². The third kappa shape index (κ3) is 4.48. The molecule has 10 heteroatoms. The normalized spacial score (nSPS) is 20.8. The summed E-state index contributed by atoms with van der Waals surface area (Å²) in [5.41, 5.74) is 0.870. The lowest BCUT2D eigenvalue weighted by Gasteiger charge is -2.33. The average Bonchev–Trinajstić information content (AvgIpc) is 2.74. The predicted octanol–water partition coefficient (Wildman–Crippen LogP) is 3.68. The number of nitrogens with one attached hydrogen (secondary N) is 1. The molecule has 1 unspecified atom stereocenters. The van der Waals surface area contributed by atoms with Crippen molar-refractivity contribution in [1.82, 2.24) is 9.55 Å².